The zero-order valence-corrected chi connectivity index (χ0v) is 11.4. The van der Waals surface area contributed by atoms with Crippen LogP contribution in [-0.4, -0.2) is 23.3 Å². The molecule has 1 aliphatic carbocycles. The van der Waals surface area contributed by atoms with Crippen LogP contribution in [-0.2, 0) is 13.1 Å². The SMILES string of the molecule is COc1ccc(CNc2nnc(CNC3CC3)o2)cc1. The van der Waals surface area contributed by atoms with Gasteiger partial charge in [0.25, 0.3) is 0 Å². The van der Waals surface area contributed by atoms with Crippen molar-refractivity contribution in [3.63, 3.8) is 0 Å². The average Bonchev–Trinajstić information content (AvgIpc) is 3.22. The van der Waals surface area contributed by atoms with E-state index < -0.39 is 0 Å². The highest BCUT2D eigenvalue weighted by Crippen LogP contribution is 2.19. The normalized spacial score (nSPS) is 14.2. The number of methoxy groups -OCH3 is 1. The maximum atomic E-state index is 5.51. The molecule has 1 aliphatic rings. The minimum Gasteiger partial charge on any atom is -0.497 e. The van der Waals surface area contributed by atoms with Crippen molar-refractivity contribution in [2.45, 2.75) is 32.0 Å². The molecule has 0 spiro atoms. The lowest BCUT2D eigenvalue weighted by molar-refractivity contribution is 0.414. The number of nitrogens with one attached hydrogen (secondary N) is 2. The molecule has 1 aromatic carbocycles. The Morgan fingerprint density at radius 3 is 2.70 bits per heavy atom. The Balaban J connectivity index is 1.49. The molecule has 1 fully saturated rings. The van der Waals surface area contributed by atoms with Gasteiger partial charge in [0.15, 0.2) is 0 Å². The number of ether oxygens (including phenoxy) is 1. The predicted molar refractivity (Wildman–Crippen MR) is 74.5 cm³/mol. The molecule has 6 heteroatoms. The Hall–Kier alpha value is -2.08. The molecule has 0 bridgehead atoms. The third-order valence-corrected chi connectivity index (χ3v) is 3.19. The lowest BCUT2D eigenvalue weighted by Crippen LogP contribution is -2.15. The summed E-state index contributed by atoms with van der Waals surface area (Å²) in [5.74, 6) is 1.47. The van der Waals surface area contributed by atoms with Gasteiger partial charge in [0.05, 0.1) is 13.7 Å². The van der Waals surface area contributed by atoms with E-state index in [1.807, 2.05) is 24.3 Å². The number of benzene rings is 1. The number of hydrogen-bond acceptors (Lipinski definition) is 6. The first-order chi connectivity index (χ1) is 9.83. The molecule has 0 saturated heterocycles. The van der Waals surface area contributed by atoms with Crippen molar-refractivity contribution >= 4 is 6.01 Å². The quantitative estimate of drug-likeness (QED) is 0.804. The highest BCUT2D eigenvalue weighted by atomic mass is 16.5. The highest BCUT2D eigenvalue weighted by Gasteiger charge is 2.21. The summed E-state index contributed by atoms with van der Waals surface area (Å²) >= 11 is 0. The van der Waals surface area contributed by atoms with Gasteiger partial charge in [0.2, 0.25) is 5.89 Å². The molecule has 3 rings (SSSR count). The van der Waals surface area contributed by atoms with Crippen molar-refractivity contribution in [2.24, 2.45) is 0 Å². The van der Waals surface area contributed by atoms with Gasteiger partial charge in [-0.1, -0.05) is 17.2 Å². The van der Waals surface area contributed by atoms with E-state index in [1.54, 1.807) is 7.11 Å². The molecule has 2 N–H and O–H groups in total. The van der Waals surface area contributed by atoms with Crippen LogP contribution < -0.4 is 15.4 Å². The Kier molecular flexibility index (Phi) is 3.83. The fourth-order valence-corrected chi connectivity index (χ4v) is 1.84. The second-order valence-corrected chi connectivity index (χ2v) is 4.86. The van der Waals surface area contributed by atoms with E-state index >= 15 is 0 Å². The number of anilines is 1. The molecule has 1 aromatic heterocycles. The molecule has 1 heterocycles. The smallest absolute Gasteiger partial charge is 0.315 e. The van der Waals surface area contributed by atoms with Crippen molar-refractivity contribution in [1.29, 1.82) is 0 Å². The van der Waals surface area contributed by atoms with Crippen molar-refractivity contribution in [3.8, 4) is 5.75 Å². The summed E-state index contributed by atoms with van der Waals surface area (Å²) in [6.45, 7) is 1.28. The van der Waals surface area contributed by atoms with E-state index in [0.29, 0.717) is 31.0 Å². The molecule has 2 aromatic rings. The number of hydrogen-bond donors (Lipinski definition) is 2. The molecule has 0 atom stereocenters. The lowest BCUT2D eigenvalue weighted by atomic mass is 10.2. The molecule has 0 aliphatic heterocycles. The molecular formula is C14H18N4O2. The van der Waals surface area contributed by atoms with Crippen molar-refractivity contribution < 1.29 is 9.15 Å². The summed E-state index contributed by atoms with van der Waals surface area (Å²) in [6, 6.07) is 8.94. The molecule has 6 nitrogen and oxygen atoms in total. The first-order valence-corrected chi connectivity index (χ1v) is 6.76. The van der Waals surface area contributed by atoms with Gasteiger partial charge in [0.1, 0.15) is 5.75 Å². The van der Waals surface area contributed by atoms with Gasteiger partial charge >= 0.3 is 6.01 Å². The summed E-state index contributed by atoms with van der Waals surface area (Å²) in [5, 5.41) is 14.4. The molecule has 0 unspecified atom stereocenters. The van der Waals surface area contributed by atoms with E-state index in [4.69, 9.17) is 9.15 Å². The summed E-state index contributed by atoms with van der Waals surface area (Å²) in [7, 11) is 1.66. The minimum absolute atomic E-state index is 0.452. The van der Waals surface area contributed by atoms with E-state index in [1.165, 1.54) is 12.8 Å². The monoisotopic (exact) mass is 274 g/mol. The number of aromatic nitrogens is 2. The lowest BCUT2D eigenvalue weighted by Gasteiger charge is -2.03. The Bertz CT molecular complexity index is 549. The largest absolute Gasteiger partial charge is 0.497 e. The van der Waals surface area contributed by atoms with Crippen LogP contribution in [0.25, 0.3) is 0 Å². The van der Waals surface area contributed by atoms with Crippen LogP contribution in [0, 0.1) is 0 Å². The summed E-state index contributed by atoms with van der Waals surface area (Å²) in [4.78, 5) is 0. The zero-order valence-electron chi connectivity index (χ0n) is 11.4. The van der Waals surface area contributed by atoms with Gasteiger partial charge in [-0.25, -0.2) is 0 Å². The Labute approximate surface area is 117 Å². The first kappa shape index (κ1) is 12.9. The average molecular weight is 274 g/mol. The fourth-order valence-electron chi connectivity index (χ4n) is 1.84. The van der Waals surface area contributed by atoms with Crippen LogP contribution in [0.5, 0.6) is 5.75 Å². The first-order valence-electron chi connectivity index (χ1n) is 6.76. The van der Waals surface area contributed by atoms with Crippen molar-refractivity contribution in [3.05, 3.63) is 35.7 Å². The van der Waals surface area contributed by atoms with E-state index in [2.05, 4.69) is 20.8 Å². The Morgan fingerprint density at radius 2 is 2.00 bits per heavy atom. The molecule has 1 saturated carbocycles. The maximum absolute atomic E-state index is 5.51. The molecule has 0 amide bonds. The van der Waals surface area contributed by atoms with Crippen LogP contribution in [0.1, 0.15) is 24.3 Å². The van der Waals surface area contributed by atoms with E-state index in [9.17, 15) is 0 Å². The van der Waals surface area contributed by atoms with Gasteiger partial charge < -0.3 is 19.8 Å². The van der Waals surface area contributed by atoms with E-state index in [0.717, 1.165) is 11.3 Å². The van der Waals surface area contributed by atoms with Gasteiger partial charge in [0, 0.05) is 12.6 Å². The molecule has 106 valence electrons. The summed E-state index contributed by atoms with van der Waals surface area (Å²) in [5.41, 5.74) is 1.13. The van der Waals surface area contributed by atoms with Crippen LogP contribution >= 0.6 is 0 Å². The third-order valence-electron chi connectivity index (χ3n) is 3.19. The maximum Gasteiger partial charge on any atom is 0.315 e. The van der Waals surface area contributed by atoms with Crippen LogP contribution in [0.4, 0.5) is 6.01 Å². The van der Waals surface area contributed by atoms with Crippen LogP contribution in [0.2, 0.25) is 0 Å². The predicted octanol–water partition coefficient (Wildman–Crippen LogP) is 1.94. The van der Waals surface area contributed by atoms with Crippen LogP contribution in [0.3, 0.4) is 0 Å². The van der Waals surface area contributed by atoms with Crippen LogP contribution in [0.15, 0.2) is 28.7 Å². The number of rotatable bonds is 7. The van der Waals surface area contributed by atoms with Gasteiger partial charge in [-0.2, -0.15) is 0 Å². The van der Waals surface area contributed by atoms with Crippen molar-refractivity contribution in [2.75, 3.05) is 12.4 Å². The van der Waals surface area contributed by atoms with Gasteiger partial charge in [-0.15, -0.1) is 5.10 Å². The summed E-state index contributed by atoms with van der Waals surface area (Å²) in [6.07, 6.45) is 2.49. The standard InChI is InChI=1S/C14H18N4O2/c1-19-12-6-2-10(3-7-12)8-16-14-18-17-13(20-14)9-15-11-4-5-11/h2-3,6-7,11,15H,4-5,8-9H2,1H3,(H,16,18). The molecular weight excluding hydrogens is 256 g/mol. The minimum atomic E-state index is 0.452. The second-order valence-electron chi connectivity index (χ2n) is 4.86. The van der Waals surface area contributed by atoms with E-state index in [-0.39, 0.29) is 0 Å². The highest BCUT2D eigenvalue weighted by molar-refractivity contribution is 5.29. The summed E-state index contributed by atoms with van der Waals surface area (Å²) < 4.78 is 10.6. The Morgan fingerprint density at radius 1 is 1.20 bits per heavy atom. The van der Waals surface area contributed by atoms with Gasteiger partial charge in [-0.3, -0.25) is 0 Å². The second kappa shape index (κ2) is 5.92. The third kappa shape index (κ3) is 3.48. The molecule has 20 heavy (non-hydrogen) atoms. The number of nitrogens with zero attached hydrogens (tertiary/aromatic N) is 2. The van der Waals surface area contributed by atoms with Gasteiger partial charge in [-0.05, 0) is 30.5 Å². The fraction of sp³-hybridized carbons (Fsp3) is 0.429. The topological polar surface area (TPSA) is 72.2 Å². The zero-order chi connectivity index (χ0) is 13.8. The molecule has 0 radical (unpaired) electrons. The van der Waals surface area contributed by atoms with Crippen molar-refractivity contribution in [1.82, 2.24) is 15.5 Å².